The van der Waals surface area contributed by atoms with E-state index >= 15 is 0 Å². The quantitative estimate of drug-likeness (QED) is 0.157. The van der Waals surface area contributed by atoms with Gasteiger partial charge in [-0.1, -0.05) is 48.0 Å². The number of hydrogen-bond acceptors (Lipinski definition) is 7. The predicted molar refractivity (Wildman–Crippen MR) is 123 cm³/mol. The van der Waals surface area contributed by atoms with E-state index in [0.717, 1.165) is 0 Å². The molecule has 0 saturated heterocycles. The Labute approximate surface area is 200 Å². The summed E-state index contributed by atoms with van der Waals surface area (Å²) in [4.78, 5) is 60.3. The summed E-state index contributed by atoms with van der Waals surface area (Å²) in [6.45, 7) is 10.3. The Balaban J connectivity index is 5.44. The lowest BCUT2D eigenvalue weighted by Crippen LogP contribution is -2.60. The number of carbonyl (C=O) groups excluding carboxylic acids is 3. The molecule has 12 heteroatoms. The summed E-state index contributed by atoms with van der Waals surface area (Å²) < 4.78 is 0. The van der Waals surface area contributed by atoms with Crippen LogP contribution in [0.1, 0.15) is 60.8 Å². The van der Waals surface area contributed by atoms with E-state index in [2.05, 4.69) is 16.0 Å². The molecule has 0 aliphatic heterocycles. The highest BCUT2D eigenvalue weighted by Gasteiger charge is 2.34. The maximum atomic E-state index is 12.9. The molecule has 0 aromatic carbocycles. The van der Waals surface area contributed by atoms with Crippen molar-refractivity contribution in [2.45, 2.75) is 91.1 Å². The molecule has 0 rings (SSSR count). The van der Waals surface area contributed by atoms with Gasteiger partial charge in [-0.05, 0) is 24.2 Å². The molecule has 6 atom stereocenters. The van der Waals surface area contributed by atoms with Crippen LogP contribution in [-0.2, 0) is 24.0 Å². The zero-order valence-corrected chi connectivity index (χ0v) is 20.7. The first-order valence-electron chi connectivity index (χ1n) is 11.4. The second-order valence-electron chi connectivity index (χ2n) is 9.20. The number of aliphatic hydroxyl groups excluding tert-OH is 1. The van der Waals surface area contributed by atoms with Crippen LogP contribution >= 0.6 is 0 Å². The van der Waals surface area contributed by atoms with E-state index in [4.69, 9.17) is 10.8 Å². The van der Waals surface area contributed by atoms with Gasteiger partial charge >= 0.3 is 11.9 Å². The number of hydrogen-bond donors (Lipinski definition) is 7. The third-order valence-electron chi connectivity index (χ3n) is 5.69. The van der Waals surface area contributed by atoms with E-state index in [9.17, 15) is 34.2 Å². The SMILES string of the molecule is CCC(C)C(N)C(O)C(=O)NC(C(=O)NC(C(=O)NC(CCC(=O)O)C(=O)O)C(C)C)C(C)C. The summed E-state index contributed by atoms with van der Waals surface area (Å²) in [7, 11) is 0. The fourth-order valence-corrected chi connectivity index (χ4v) is 3.10. The maximum absolute atomic E-state index is 12.9. The van der Waals surface area contributed by atoms with Crippen LogP contribution in [0.15, 0.2) is 0 Å². The fourth-order valence-electron chi connectivity index (χ4n) is 3.10. The van der Waals surface area contributed by atoms with Crippen LogP contribution in [0.3, 0.4) is 0 Å². The lowest BCUT2D eigenvalue weighted by molar-refractivity contribution is -0.144. The standard InChI is InChI=1S/C22H40N4O8/c1-7-12(6)15(23)18(29)21(32)26-17(11(4)5)20(31)25-16(10(2)3)19(30)24-13(22(33)34)8-9-14(27)28/h10-13,15-18,29H,7-9,23H2,1-6H3,(H,24,30)(H,25,31)(H,26,32)(H,27,28)(H,33,34). The minimum absolute atomic E-state index is 0.135. The number of carboxylic acids is 2. The first kappa shape index (κ1) is 31.3. The molecule has 0 radical (unpaired) electrons. The zero-order valence-electron chi connectivity index (χ0n) is 20.7. The summed E-state index contributed by atoms with van der Waals surface area (Å²) in [6, 6.07) is -4.51. The third-order valence-corrected chi connectivity index (χ3v) is 5.69. The van der Waals surface area contributed by atoms with Crippen molar-refractivity contribution in [3.05, 3.63) is 0 Å². The van der Waals surface area contributed by atoms with Gasteiger partial charge in [0.05, 0.1) is 0 Å². The van der Waals surface area contributed by atoms with Gasteiger partial charge in [-0.15, -0.1) is 0 Å². The van der Waals surface area contributed by atoms with E-state index in [1.807, 2.05) is 6.92 Å². The van der Waals surface area contributed by atoms with Gasteiger partial charge in [-0.25, -0.2) is 4.79 Å². The molecule has 0 aromatic heterocycles. The molecule has 0 aromatic rings. The lowest BCUT2D eigenvalue weighted by atomic mass is 9.94. The smallest absolute Gasteiger partial charge is 0.326 e. The average Bonchev–Trinajstić information content (AvgIpc) is 2.75. The van der Waals surface area contributed by atoms with Crippen molar-refractivity contribution >= 4 is 29.7 Å². The second-order valence-corrected chi connectivity index (χ2v) is 9.20. The highest BCUT2D eigenvalue weighted by Crippen LogP contribution is 2.12. The van der Waals surface area contributed by atoms with Crippen LogP contribution in [0, 0.1) is 17.8 Å². The number of carboxylic acid groups (broad SMARTS) is 2. The van der Waals surface area contributed by atoms with Gasteiger partial charge in [-0.2, -0.15) is 0 Å². The highest BCUT2D eigenvalue weighted by molar-refractivity contribution is 5.94. The van der Waals surface area contributed by atoms with Crippen LogP contribution in [-0.4, -0.2) is 75.3 Å². The predicted octanol–water partition coefficient (Wildman–Crippen LogP) is -0.563. The summed E-state index contributed by atoms with van der Waals surface area (Å²) in [5.41, 5.74) is 5.93. The van der Waals surface area contributed by atoms with Crippen molar-refractivity contribution in [3.8, 4) is 0 Å². The Morgan fingerprint density at radius 1 is 0.794 bits per heavy atom. The van der Waals surface area contributed by atoms with Gasteiger partial charge in [0.15, 0.2) is 0 Å². The molecule has 0 bridgehead atoms. The Hall–Kier alpha value is -2.73. The molecular weight excluding hydrogens is 448 g/mol. The summed E-state index contributed by atoms with van der Waals surface area (Å²) >= 11 is 0. The average molecular weight is 489 g/mol. The summed E-state index contributed by atoms with van der Waals surface area (Å²) in [5, 5.41) is 35.6. The van der Waals surface area contributed by atoms with Gasteiger partial charge in [0.2, 0.25) is 11.8 Å². The number of carbonyl (C=O) groups is 5. The number of aliphatic carboxylic acids is 2. The van der Waals surface area contributed by atoms with Crippen molar-refractivity contribution in [3.63, 3.8) is 0 Å². The Morgan fingerprint density at radius 3 is 1.62 bits per heavy atom. The van der Waals surface area contributed by atoms with Crippen LogP contribution in [0.5, 0.6) is 0 Å². The Kier molecular flexibility index (Phi) is 13.3. The van der Waals surface area contributed by atoms with Gasteiger partial charge in [0, 0.05) is 12.5 Å². The van der Waals surface area contributed by atoms with E-state index in [0.29, 0.717) is 6.42 Å². The Morgan fingerprint density at radius 2 is 1.24 bits per heavy atom. The molecule has 8 N–H and O–H groups in total. The first-order valence-corrected chi connectivity index (χ1v) is 11.4. The fraction of sp³-hybridized carbons (Fsp3) is 0.773. The molecule has 34 heavy (non-hydrogen) atoms. The van der Waals surface area contributed by atoms with Crippen molar-refractivity contribution in [2.24, 2.45) is 23.5 Å². The van der Waals surface area contributed by atoms with Crippen molar-refractivity contribution in [1.29, 1.82) is 0 Å². The normalized spacial score (nSPS) is 16.6. The number of nitrogens with two attached hydrogens (primary N) is 1. The van der Waals surface area contributed by atoms with E-state index in [1.165, 1.54) is 0 Å². The van der Waals surface area contributed by atoms with Crippen molar-refractivity contribution < 1.29 is 39.3 Å². The van der Waals surface area contributed by atoms with Crippen molar-refractivity contribution in [1.82, 2.24) is 16.0 Å². The van der Waals surface area contributed by atoms with Crippen LogP contribution in [0.2, 0.25) is 0 Å². The van der Waals surface area contributed by atoms with Crippen LogP contribution < -0.4 is 21.7 Å². The van der Waals surface area contributed by atoms with Gasteiger partial charge in [0.1, 0.15) is 24.2 Å². The number of amides is 3. The summed E-state index contributed by atoms with van der Waals surface area (Å²) in [5.74, 6) is -5.91. The Bertz CT molecular complexity index is 728. The van der Waals surface area contributed by atoms with E-state index < -0.39 is 78.2 Å². The van der Waals surface area contributed by atoms with Crippen LogP contribution in [0.4, 0.5) is 0 Å². The van der Waals surface area contributed by atoms with Crippen LogP contribution in [0.25, 0.3) is 0 Å². The third kappa shape index (κ3) is 10.0. The molecule has 0 fully saturated rings. The number of nitrogens with one attached hydrogen (secondary N) is 3. The van der Waals surface area contributed by atoms with Gasteiger partial charge in [0.25, 0.3) is 5.91 Å². The van der Waals surface area contributed by atoms with Crippen molar-refractivity contribution in [2.75, 3.05) is 0 Å². The molecule has 0 saturated carbocycles. The second kappa shape index (κ2) is 14.5. The number of rotatable bonds is 15. The first-order chi connectivity index (χ1) is 15.6. The van der Waals surface area contributed by atoms with Gasteiger partial charge in [-0.3, -0.25) is 19.2 Å². The zero-order chi connectivity index (χ0) is 26.7. The molecular formula is C22H40N4O8. The van der Waals surface area contributed by atoms with E-state index in [1.54, 1.807) is 34.6 Å². The minimum Gasteiger partial charge on any atom is -0.481 e. The monoisotopic (exact) mass is 488 g/mol. The summed E-state index contributed by atoms with van der Waals surface area (Å²) in [6.07, 6.45) is -1.67. The molecule has 0 aliphatic carbocycles. The molecule has 3 amide bonds. The molecule has 0 aliphatic rings. The molecule has 0 heterocycles. The molecule has 0 spiro atoms. The molecule has 12 nitrogen and oxygen atoms in total. The number of aliphatic hydroxyl groups is 1. The molecule has 6 unspecified atom stereocenters. The minimum atomic E-state index is -1.53. The van der Waals surface area contributed by atoms with Gasteiger partial charge < -0.3 is 37.0 Å². The highest BCUT2D eigenvalue weighted by atomic mass is 16.4. The maximum Gasteiger partial charge on any atom is 0.326 e. The lowest BCUT2D eigenvalue weighted by Gasteiger charge is -2.29. The van der Waals surface area contributed by atoms with E-state index in [-0.39, 0.29) is 12.3 Å². The topological polar surface area (TPSA) is 208 Å². The molecule has 196 valence electrons. The largest absolute Gasteiger partial charge is 0.481 e.